The van der Waals surface area contributed by atoms with E-state index in [1.54, 1.807) is 31.4 Å². The van der Waals surface area contributed by atoms with Crippen molar-refractivity contribution in [2.75, 3.05) is 17.7 Å². The lowest BCUT2D eigenvalue weighted by Gasteiger charge is -2.18. The number of ether oxygens (including phenoxy) is 1. The predicted molar refractivity (Wildman–Crippen MR) is 142 cm³/mol. The van der Waals surface area contributed by atoms with Gasteiger partial charge in [0.1, 0.15) is 11.0 Å². The van der Waals surface area contributed by atoms with Crippen molar-refractivity contribution in [3.05, 3.63) is 120 Å². The Morgan fingerprint density at radius 2 is 1.46 bits per heavy atom. The Morgan fingerprint density at radius 1 is 0.771 bits per heavy atom. The number of methoxy groups -OCH3 is 1. The molecule has 1 unspecified atom stereocenters. The van der Waals surface area contributed by atoms with E-state index in [2.05, 4.69) is 10.6 Å². The summed E-state index contributed by atoms with van der Waals surface area (Å²) in [4.78, 5) is 26.9. The summed E-state index contributed by atoms with van der Waals surface area (Å²) in [5.41, 5.74) is 3.92. The lowest BCUT2D eigenvalue weighted by atomic mass is 10.1. The Labute approximate surface area is 209 Å². The van der Waals surface area contributed by atoms with Crippen LogP contribution in [0.2, 0.25) is 0 Å². The fraction of sp³-hybridized carbons (Fsp3) is 0.103. The number of hydrogen-bond donors (Lipinski definition) is 2. The third-order valence-electron chi connectivity index (χ3n) is 5.32. The van der Waals surface area contributed by atoms with Crippen molar-refractivity contribution >= 4 is 35.0 Å². The molecule has 0 heterocycles. The summed E-state index contributed by atoms with van der Waals surface area (Å²) in [5, 5.41) is 5.50. The predicted octanol–water partition coefficient (Wildman–Crippen LogP) is 6.73. The number of carbonyl (C=O) groups excluding carboxylic acids is 2. The summed E-state index contributed by atoms with van der Waals surface area (Å²) >= 11 is 1.44. The zero-order valence-corrected chi connectivity index (χ0v) is 20.3. The Balaban J connectivity index is 1.52. The van der Waals surface area contributed by atoms with Crippen molar-refractivity contribution in [2.45, 2.75) is 17.1 Å². The molecule has 5 nitrogen and oxygen atoms in total. The molecule has 0 fully saturated rings. The van der Waals surface area contributed by atoms with Gasteiger partial charge in [-0.05, 0) is 72.6 Å². The molecule has 176 valence electrons. The lowest BCUT2D eigenvalue weighted by molar-refractivity contribution is -0.115. The molecule has 0 saturated carbocycles. The van der Waals surface area contributed by atoms with E-state index in [1.165, 1.54) is 11.8 Å². The Bertz CT molecular complexity index is 1310. The quantitative estimate of drug-likeness (QED) is 0.273. The van der Waals surface area contributed by atoms with Gasteiger partial charge in [-0.25, -0.2) is 0 Å². The van der Waals surface area contributed by atoms with E-state index >= 15 is 0 Å². The minimum absolute atomic E-state index is 0.112. The minimum atomic E-state index is -0.468. The first-order chi connectivity index (χ1) is 17.0. The summed E-state index contributed by atoms with van der Waals surface area (Å²) in [7, 11) is 1.59. The second-order valence-corrected chi connectivity index (χ2v) is 9.16. The Morgan fingerprint density at radius 3 is 2.14 bits per heavy atom. The van der Waals surface area contributed by atoms with Crippen molar-refractivity contribution < 1.29 is 14.3 Å². The molecule has 0 aliphatic heterocycles. The van der Waals surface area contributed by atoms with Gasteiger partial charge in [0.2, 0.25) is 5.91 Å². The number of benzene rings is 4. The van der Waals surface area contributed by atoms with Crippen LogP contribution in [0.1, 0.15) is 26.7 Å². The van der Waals surface area contributed by atoms with Crippen LogP contribution in [0.5, 0.6) is 5.75 Å². The topological polar surface area (TPSA) is 67.4 Å². The van der Waals surface area contributed by atoms with Crippen LogP contribution in [-0.2, 0) is 4.79 Å². The number of nitrogens with one attached hydrogen (secondary N) is 2. The van der Waals surface area contributed by atoms with Gasteiger partial charge >= 0.3 is 0 Å². The molecular weight excluding hydrogens is 456 g/mol. The van der Waals surface area contributed by atoms with Crippen LogP contribution in [0.3, 0.4) is 0 Å². The Hall–Kier alpha value is -4.03. The summed E-state index contributed by atoms with van der Waals surface area (Å²) in [6.45, 7) is 1.99. The van der Waals surface area contributed by atoms with Crippen molar-refractivity contribution in [3.63, 3.8) is 0 Å². The first-order valence-electron chi connectivity index (χ1n) is 11.2. The second-order valence-electron chi connectivity index (χ2n) is 7.98. The summed E-state index contributed by atoms with van der Waals surface area (Å²) in [6.07, 6.45) is 0. The zero-order valence-electron chi connectivity index (χ0n) is 19.5. The molecule has 4 aromatic rings. The van der Waals surface area contributed by atoms with Crippen LogP contribution in [0.4, 0.5) is 11.4 Å². The van der Waals surface area contributed by atoms with Crippen LogP contribution in [0, 0.1) is 6.92 Å². The highest BCUT2D eigenvalue weighted by Gasteiger charge is 2.22. The average Bonchev–Trinajstić information content (AvgIpc) is 2.88. The highest BCUT2D eigenvalue weighted by Crippen LogP contribution is 2.37. The minimum Gasteiger partial charge on any atom is -0.497 e. The van der Waals surface area contributed by atoms with Crippen LogP contribution < -0.4 is 15.4 Å². The zero-order chi connectivity index (χ0) is 24.6. The van der Waals surface area contributed by atoms with E-state index in [1.807, 2.05) is 85.8 Å². The van der Waals surface area contributed by atoms with Gasteiger partial charge in [-0.2, -0.15) is 0 Å². The molecule has 0 radical (unpaired) electrons. The normalized spacial score (nSPS) is 11.4. The van der Waals surface area contributed by atoms with Gasteiger partial charge in [0.05, 0.1) is 7.11 Å². The number of rotatable bonds is 8. The van der Waals surface area contributed by atoms with Crippen molar-refractivity contribution in [3.8, 4) is 5.75 Å². The molecule has 0 bridgehead atoms. The molecule has 4 rings (SSSR count). The number of anilines is 2. The standard InChI is InChI=1S/C29H26N2O3S/c1-20-8-6-11-23(18-20)31-29(33)27(21-9-4-3-5-10-21)35-26-13-7-12-24(19-26)30-28(32)22-14-16-25(34-2)17-15-22/h3-19,27H,1-2H3,(H,30,32)(H,31,33). The molecule has 0 saturated heterocycles. The van der Waals surface area contributed by atoms with E-state index in [-0.39, 0.29) is 11.8 Å². The van der Waals surface area contributed by atoms with Gasteiger partial charge in [0.25, 0.3) is 5.91 Å². The molecule has 0 aromatic heterocycles. The average molecular weight is 483 g/mol. The van der Waals surface area contributed by atoms with E-state index in [9.17, 15) is 9.59 Å². The maximum atomic E-state index is 13.3. The molecule has 0 spiro atoms. The van der Waals surface area contributed by atoms with Gasteiger partial charge in [-0.3, -0.25) is 9.59 Å². The van der Waals surface area contributed by atoms with Crippen molar-refractivity contribution in [1.82, 2.24) is 0 Å². The third-order valence-corrected chi connectivity index (χ3v) is 6.57. The lowest BCUT2D eigenvalue weighted by Crippen LogP contribution is -2.19. The van der Waals surface area contributed by atoms with Gasteiger partial charge in [0.15, 0.2) is 0 Å². The van der Waals surface area contributed by atoms with Gasteiger partial charge in [-0.15, -0.1) is 11.8 Å². The van der Waals surface area contributed by atoms with E-state index in [0.717, 1.165) is 21.7 Å². The number of thioether (sulfide) groups is 1. The van der Waals surface area contributed by atoms with Gasteiger partial charge in [-0.1, -0.05) is 48.5 Å². The highest BCUT2D eigenvalue weighted by atomic mass is 32.2. The second kappa shape index (κ2) is 11.4. The van der Waals surface area contributed by atoms with Crippen molar-refractivity contribution in [1.29, 1.82) is 0 Å². The summed E-state index contributed by atoms with van der Waals surface area (Å²) in [5.74, 6) is 0.363. The molecule has 35 heavy (non-hydrogen) atoms. The molecule has 0 aliphatic carbocycles. The van der Waals surface area contributed by atoms with Crippen LogP contribution >= 0.6 is 11.8 Å². The maximum Gasteiger partial charge on any atom is 0.255 e. The molecule has 4 aromatic carbocycles. The highest BCUT2D eigenvalue weighted by molar-refractivity contribution is 8.00. The molecular formula is C29H26N2O3S. The maximum absolute atomic E-state index is 13.3. The van der Waals surface area contributed by atoms with Gasteiger partial charge in [0, 0.05) is 21.8 Å². The van der Waals surface area contributed by atoms with Gasteiger partial charge < -0.3 is 15.4 Å². The van der Waals surface area contributed by atoms with E-state index in [0.29, 0.717) is 17.0 Å². The number of carbonyl (C=O) groups is 2. The molecule has 1 atom stereocenters. The summed E-state index contributed by atoms with van der Waals surface area (Å²) < 4.78 is 5.15. The summed E-state index contributed by atoms with van der Waals surface area (Å²) in [6, 6.07) is 31.8. The number of amides is 2. The molecule has 0 aliphatic rings. The van der Waals surface area contributed by atoms with E-state index in [4.69, 9.17) is 4.74 Å². The largest absolute Gasteiger partial charge is 0.497 e. The molecule has 6 heteroatoms. The number of hydrogen-bond acceptors (Lipinski definition) is 4. The Kier molecular flexibility index (Phi) is 7.85. The monoisotopic (exact) mass is 482 g/mol. The SMILES string of the molecule is COc1ccc(C(=O)Nc2cccc(SC(C(=O)Nc3cccc(C)c3)c3ccccc3)c2)cc1. The van der Waals surface area contributed by atoms with Crippen LogP contribution in [-0.4, -0.2) is 18.9 Å². The third kappa shape index (κ3) is 6.52. The first-order valence-corrected chi connectivity index (χ1v) is 12.0. The fourth-order valence-electron chi connectivity index (χ4n) is 3.56. The molecule has 2 amide bonds. The number of aryl methyl sites for hydroxylation is 1. The fourth-order valence-corrected chi connectivity index (χ4v) is 4.64. The smallest absolute Gasteiger partial charge is 0.255 e. The van der Waals surface area contributed by atoms with Crippen LogP contribution in [0.15, 0.2) is 108 Å². The van der Waals surface area contributed by atoms with Crippen LogP contribution in [0.25, 0.3) is 0 Å². The van der Waals surface area contributed by atoms with Crippen molar-refractivity contribution in [2.24, 2.45) is 0 Å². The van der Waals surface area contributed by atoms with E-state index < -0.39 is 5.25 Å². The first kappa shape index (κ1) is 24.1. The molecule has 2 N–H and O–H groups in total.